The molecule has 144 valence electrons. The van der Waals surface area contributed by atoms with Gasteiger partial charge in [-0.15, -0.1) is 0 Å². The lowest BCUT2D eigenvalue weighted by Gasteiger charge is -2.41. The van der Waals surface area contributed by atoms with Crippen LogP contribution in [0.4, 0.5) is 8.78 Å². The highest BCUT2D eigenvalue weighted by Gasteiger charge is 2.47. The molecule has 0 radical (unpaired) electrons. The van der Waals surface area contributed by atoms with Crippen LogP contribution in [0.3, 0.4) is 0 Å². The molecule has 0 aromatic heterocycles. The summed E-state index contributed by atoms with van der Waals surface area (Å²) >= 11 is 0. The molecule has 2 aliphatic rings. The Morgan fingerprint density at radius 1 is 1.27 bits per heavy atom. The van der Waals surface area contributed by atoms with Crippen LogP contribution in [-0.4, -0.2) is 32.1 Å². The number of esters is 1. The van der Waals surface area contributed by atoms with Gasteiger partial charge >= 0.3 is 5.97 Å². The molecular weight excluding hydrogens is 342 g/mol. The minimum atomic E-state index is -0.504. The van der Waals surface area contributed by atoms with Gasteiger partial charge in [0.2, 0.25) is 0 Å². The molecule has 1 aliphatic carbocycles. The number of hydrogen-bond acceptors (Lipinski definition) is 4. The minimum Gasteiger partial charge on any atom is -0.465 e. The highest BCUT2D eigenvalue weighted by molar-refractivity contribution is 5.77. The third-order valence-electron chi connectivity index (χ3n) is 4.93. The molecule has 0 spiro atoms. The molecule has 26 heavy (non-hydrogen) atoms. The van der Waals surface area contributed by atoms with Crippen LogP contribution in [-0.2, 0) is 19.0 Å². The second kappa shape index (κ2) is 6.89. The van der Waals surface area contributed by atoms with E-state index in [0.717, 1.165) is 18.2 Å². The molecule has 1 saturated heterocycles. The summed E-state index contributed by atoms with van der Waals surface area (Å²) in [7, 11) is 0. The van der Waals surface area contributed by atoms with Gasteiger partial charge in [0.1, 0.15) is 18.2 Å². The Morgan fingerprint density at radius 2 is 1.92 bits per heavy atom. The predicted octanol–water partition coefficient (Wildman–Crippen LogP) is 4.04. The van der Waals surface area contributed by atoms with Gasteiger partial charge in [-0.1, -0.05) is 27.7 Å². The average molecular weight is 368 g/mol. The Kier molecular flexibility index (Phi) is 5.10. The van der Waals surface area contributed by atoms with Crippen molar-refractivity contribution in [3.8, 4) is 0 Å². The highest BCUT2D eigenvalue weighted by atomic mass is 19.1. The van der Waals surface area contributed by atoms with Gasteiger partial charge in [-0.3, -0.25) is 4.79 Å². The standard InChI is InChI=1S/C20H26F2O4/c1-19(2)9-25-18(26-10-19)20(3,4)11-24-17(23)15-8-13(15)14-7-12(21)5-6-16(14)22/h5-7,13,15,18H,8-11H2,1-4H3/t13-,15+/m0/s1. The zero-order valence-electron chi connectivity index (χ0n) is 15.7. The van der Waals surface area contributed by atoms with Gasteiger partial charge in [0.15, 0.2) is 6.29 Å². The van der Waals surface area contributed by atoms with Gasteiger partial charge in [-0.25, -0.2) is 8.78 Å². The molecule has 6 heteroatoms. The predicted molar refractivity (Wildman–Crippen MR) is 91.4 cm³/mol. The van der Waals surface area contributed by atoms with Crippen LogP contribution in [0, 0.1) is 28.4 Å². The Bertz CT molecular complexity index is 676. The number of hydrogen-bond donors (Lipinski definition) is 0. The molecule has 4 nitrogen and oxygen atoms in total. The van der Waals surface area contributed by atoms with Crippen molar-refractivity contribution in [3.63, 3.8) is 0 Å². The Morgan fingerprint density at radius 3 is 2.58 bits per heavy atom. The van der Waals surface area contributed by atoms with Crippen molar-refractivity contribution in [1.82, 2.24) is 0 Å². The molecule has 0 amide bonds. The van der Waals surface area contributed by atoms with Crippen molar-refractivity contribution in [2.45, 2.75) is 46.3 Å². The Balaban J connectivity index is 1.52. The van der Waals surface area contributed by atoms with Crippen LogP contribution < -0.4 is 0 Å². The number of rotatable bonds is 5. The fraction of sp³-hybridized carbons (Fsp3) is 0.650. The largest absolute Gasteiger partial charge is 0.465 e. The van der Waals surface area contributed by atoms with Crippen LogP contribution in [0.2, 0.25) is 0 Å². The van der Waals surface area contributed by atoms with Gasteiger partial charge in [-0.05, 0) is 30.2 Å². The summed E-state index contributed by atoms with van der Waals surface area (Å²) in [5.41, 5.74) is -0.285. The summed E-state index contributed by atoms with van der Waals surface area (Å²) in [5.74, 6) is -2.11. The monoisotopic (exact) mass is 368 g/mol. The van der Waals surface area contributed by atoms with Crippen LogP contribution in [0.15, 0.2) is 18.2 Å². The maximum Gasteiger partial charge on any atom is 0.309 e. The van der Waals surface area contributed by atoms with Gasteiger partial charge in [0.25, 0.3) is 0 Å². The molecule has 3 rings (SSSR count). The van der Waals surface area contributed by atoms with E-state index in [-0.39, 0.29) is 29.5 Å². The summed E-state index contributed by atoms with van der Waals surface area (Å²) in [4.78, 5) is 12.3. The summed E-state index contributed by atoms with van der Waals surface area (Å²) in [6, 6.07) is 3.32. The number of carbonyl (C=O) groups is 1. The number of carbonyl (C=O) groups excluding carboxylic acids is 1. The third kappa shape index (κ3) is 4.23. The first-order chi connectivity index (χ1) is 12.1. The summed E-state index contributed by atoms with van der Waals surface area (Å²) in [6.07, 6.45) is 0.0311. The van der Waals surface area contributed by atoms with E-state index < -0.39 is 29.3 Å². The molecule has 0 N–H and O–H groups in total. The topological polar surface area (TPSA) is 44.8 Å². The van der Waals surface area contributed by atoms with Crippen LogP contribution in [0.25, 0.3) is 0 Å². The van der Waals surface area contributed by atoms with E-state index in [2.05, 4.69) is 13.8 Å². The molecular formula is C20H26F2O4. The number of ether oxygens (including phenoxy) is 3. The second-order valence-corrected chi connectivity index (χ2v) is 8.83. The van der Waals surface area contributed by atoms with Crippen molar-refractivity contribution in [3.05, 3.63) is 35.4 Å². The van der Waals surface area contributed by atoms with Gasteiger partial charge in [0.05, 0.1) is 19.1 Å². The van der Waals surface area contributed by atoms with Crippen molar-refractivity contribution in [2.24, 2.45) is 16.7 Å². The van der Waals surface area contributed by atoms with Crippen molar-refractivity contribution in [1.29, 1.82) is 0 Å². The molecule has 2 fully saturated rings. The Labute approximate surface area is 152 Å². The third-order valence-corrected chi connectivity index (χ3v) is 4.93. The quantitative estimate of drug-likeness (QED) is 0.736. The lowest BCUT2D eigenvalue weighted by Crippen LogP contribution is -2.46. The summed E-state index contributed by atoms with van der Waals surface area (Å²) < 4.78 is 44.1. The van der Waals surface area contributed by atoms with Crippen LogP contribution >= 0.6 is 0 Å². The first-order valence-electron chi connectivity index (χ1n) is 8.94. The van der Waals surface area contributed by atoms with Gasteiger partial charge in [0, 0.05) is 16.7 Å². The van der Waals surface area contributed by atoms with E-state index in [4.69, 9.17) is 14.2 Å². The molecule has 1 aliphatic heterocycles. The van der Waals surface area contributed by atoms with Crippen LogP contribution in [0.5, 0.6) is 0 Å². The van der Waals surface area contributed by atoms with Crippen LogP contribution in [0.1, 0.15) is 45.6 Å². The average Bonchev–Trinajstić information content (AvgIpc) is 3.35. The van der Waals surface area contributed by atoms with E-state index in [1.165, 1.54) is 0 Å². The van der Waals surface area contributed by atoms with E-state index in [1.54, 1.807) is 0 Å². The normalized spacial score (nSPS) is 25.8. The first-order valence-corrected chi connectivity index (χ1v) is 8.94. The van der Waals surface area contributed by atoms with Crippen molar-refractivity contribution in [2.75, 3.05) is 19.8 Å². The fourth-order valence-electron chi connectivity index (χ4n) is 3.17. The smallest absolute Gasteiger partial charge is 0.309 e. The molecule has 1 aromatic carbocycles. The summed E-state index contributed by atoms with van der Waals surface area (Å²) in [6.45, 7) is 9.27. The maximum absolute atomic E-state index is 13.8. The minimum absolute atomic E-state index is 0.0283. The molecule has 0 bridgehead atoms. The first kappa shape index (κ1) is 19.2. The zero-order chi connectivity index (χ0) is 19.1. The van der Waals surface area contributed by atoms with E-state index >= 15 is 0 Å². The van der Waals surface area contributed by atoms with Crippen molar-refractivity contribution < 1.29 is 27.8 Å². The maximum atomic E-state index is 13.8. The fourth-order valence-corrected chi connectivity index (χ4v) is 3.17. The highest BCUT2D eigenvalue weighted by Crippen LogP contribution is 2.49. The molecule has 0 unspecified atom stereocenters. The zero-order valence-corrected chi connectivity index (χ0v) is 15.7. The molecule has 1 aromatic rings. The van der Waals surface area contributed by atoms with E-state index in [9.17, 15) is 13.6 Å². The lowest BCUT2D eigenvalue weighted by atomic mass is 9.90. The van der Waals surface area contributed by atoms with Gasteiger partial charge in [-0.2, -0.15) is 0 Å². The number of halogens is 2. The Hall–Kier alpha value is -1.53. The van der Waals surface area contributed by atoms with Gasteiger partial charge < -0.3 is 14.2 Å². The summed E-state index contributed by atoms with van der Waals surface area (Å²) in [5, 5.41) is 0. The molecule has 1 saturated carbocycles. The SMILES string of the molecule is CC1(C)COC(C(C)(C)COC(=O)[C@@H]2C[C@H]2c2cc(F)ccc2F)OC1. The lowest BCUT2D eigenvalue weighted by molar-refractivity contribution is -0.269. The molecule has 1 heterocycles. The van der Waals surface area contributed by atoms with Crippen molar-refractivity contribution >= 4 is 5.97 Å². The second-order valence-electron chi connectivity index (χ2n) is 8.83. The number of benzene rings is 1. The molecule has 2 atom stereocenters. The van der Waals surface area contributed by atoms with E-state index in [0.29, 0.717) is 19.6 Å². The van der Waals surface area contributed by atoms with E-state index in [1.807, 2.05) is 13.8 Å².